The van der Waals surface area contributed by atoms with E-state index < -0.39 is 10.0 Å². The van der Waals surface area contributed by atoms with Crippen LogP contribution < -0.4 is 14.8 Å². The molecule has 0 fully saturated rings. The van der Waals surface area contributed by atoms with Gasteiger partial charge in [0.2, 0.25) is 0 Å². The van der Waals surface area contributed by atoms with Gasteiger partial charge < -0.3 is 10.1 Å². The molecule has 0 aliphatic heterocycles. The lowest BCUT2D eigenvalue weighted by atomic mass is 10.2. The number of carbonyl (C=O) groups excluding carboxylic acids is 1. The van der Waals surface area contributed by atoms with Crippen LogP contribution in [0.1, 0.15) is 16.1 Å². The summed E-state index contributed by atoms with van der Waals surface area (Å²) in [7, 11) is -0.943. The molecule has 0 saturated heterocycles. The summed E-state index contributed by atoms with van der Waals surface area (Å²) in [6.45, 7) is 1.82. The van der Waals surface area contributed by atoms with E-state index in [1.165, 1.54) is 42.3 Å². The molecule has 3 rings (SSSR count). The first kappa shape index (κ1) is 20.7. The number of ether oxygens (including phenoxy) is 1. The first-order valence-corrected chi connectivity index (χ1v) is 10.3. The van der Waals surface area contributed by atoms with Crippen molar-refractivity contribution in [3.8, 4) is 5.75 Å². The minimum Gasteiger partial charge on any atom is -0.495 e. The number of benzene rings is 2. The van der Waals surface area contributed by atoms with Gasteiger partial charge in [-0.1, -0.05) is 17.7 Å². The van der Waals surface area contributed by atoms with Gasteiger partial charge in [0.15, 0.2) is 0 Å². The molecule has 2 N–H and O–H groups in total. The van der Waals surface area contributed by atoms with Gasteiger partial charge in [-0.3, -0.25) is 14.2 Å². The zero-order valence-electron chi connectivity index (χ0n) is 15.9. The van der Waals surface area contributed by atoms with E-state index in [0.717, 1.165) is 5.56 Å². The minimum absolute atomic E-state index is 0.0739. The molecule has 1 aromatic heterocycles. The van der Waals surface area contributed by atoms with Crippen LogP contribution in [-0.2, 0) is 17.1 Å². The summed E-state index contributed by atoms with van der Waals surface area (Å²) in [6.07, 6.45) is 1.51. The maximum Gasteiger partial charge on any atom is 0.273 e. The molecule has 0 aliphatic rings. The van der Waals surface area contributed by atoms with Gasteiger partial charge in [0, 0.05) is 30.0 Å². The third-order valence-electron chi connectivity index (χ3n) is 4.19. The highest BCUT2D eigenvalue weighted by molar-refractivity contribution is 7.92. The molecule has 0 bridgehead atoms. The number of aromatic nitrogens is 2. The van der Waals surface area contributed by atoms with Crippen molar-refractivity contribution in [2.75, 3.05) is 17.1 Å². The zero-order valence-corrected chi connectivity index (χ0v) is 17.5. The van der Waals surface area contributed by atoms with Crippen molar-refractivity contribution < 1.29 is 17.9 Å². The topological polar surface area (TPSA) is 102 Å². The molecular formula is C19H19ClN4O4S. The molecule has 0 atom stereocenters. The number of carbonyl (C=O) groups is 1. The van der Waals surface area contributed by atoms with Crippen molar-refractivity contribution in [2.24, 2.45) is 7.05 Å². The van der Waals surface area contributed by atoms with Gasteiger partial charge in [-0.15, -0.1) is 0 Å². The largest absolute Gasteiger partial charge is 0.495 e. The van der Waals surface area contributed by atoms with Gasteiger partial charge in [-0.25, -0.2) is 8.42 Å². The van der Waals surface area contributed by atoms with Gasteiger partial charge in [0.1, 0.15) is 16.3 Å². The molecule has 8 nitrogen and oxygen atoms in total. The Morgan fingerprint density at radius 2 is 1.86 bits per heavy atom. The molecule has 1 amide bonds. The molecule has 152 valence electrons. The van der Waals surface area contributed by atoms with Crippen LogP contribution in [0, 0.1) is 6.92 Å². The van der Waals surface area contributed by atoms with E-state index >= 15 is 0 Å². The first-order chi connectivity index (χ1) is 13.7. The normalized spacial score (nSPS) is 11.2. The Labute approximate surface area is 173 Å². The summed E-state index contributed by atoms with van der Waals surface area (Å²) in [6, 6.07) is 10.7. The van der Waals surface area contributed by atoms with E-state index in [9.17, 15) is 13.2 Å². The summed E-state index contributed by atoms with van der Waals surface area (Å²) in [4.78, 5) is 12.2. The highest BCUT2D eigenvalue weighted by Crippen LogP contribution is 2.30. The second-order valence-corrected chi connectivity index (χ2v) is 8.29. The highest BCUT2D eigenvalue weighted by Gasteiger charge is 2.21. The van der Waals surface area contributed by atoms with Gasteiger partial charge >= 0.3 is 0 Å². The third kappa shape index (κ3) is 4.52. The summed E-state index contributed by atoms with van der Waals surface area (Å²) in [5.41, 5.74) is 1.90. The zero-order chi connectivity index (χ0) is 21.2. The molecule has 1 heterocycles. The number of methoxy groups -OCH3 is 1. The molecule has 29 heavy (non-hydrogen) atoms. The number of hydrogen-bond donors (Lipinski definition) is 2. The lowest BCUT2D eigenvalue weighted by molar-refractivity contribution is 0.101. The van der Waals surface area contributed by atoms with E-state index in [0.29, 0.717) is 22.1 Å². The second kappa shape index (κ2) is 8.14. The van der Waals surface area contributed by atoms with E-state index in [2.05, 4.69) is 15.1 Å². The van der Waals surface area contributed by atoms with Gasteiger partial charge in [-0.05, 0) is 42.8 Å². The van der Waals surface area contributed by atoms with Crippen LogP contribution in [0.15, 0.2) is 53.6 Å². The molecule has 0 spiro atoms. The standard InChI is InChI=1S/C19H19ClN4O4S/c1-12-4-5-14(10-15(12)20)23-29(26,27)18-7-6-13(11-17(18)28-3)22-19(25)16-8-9-21-24(16)2/h4-11,23H,1-3H3,(H,22,25). The van der Waals surface area contributed by atoms with E-state index in [-0.39, 0.29) is 16.6 Å². The average molecular weight is 435 g/mol. The first-order valence-electron chi connectivity index (χ1n) is 8.47. The fourth-order valence-electron chi connectivity index (χ4n) is 2.63. The van der Waals surface area contributed by atoms with E-state index in [1.807, 2.05) is 6.92 Å². The predicted molar refractivity (Wildman–Crippen MR) is 111 cm³/mol. The molecular weight excluding hydrogens is 416 g/mol. The number of anilines is 2. The van der Waals surface area contributed by atoms with Crippen molar-refractivity contribution in [1.29, 1.82) is 0 Å². The maximum atomic E-state index is 12.8. The van der Waals surface area contributed by atoms with Crippen molar-refractivity contribution in [3.05, 3.63) is 64.9 Å². The molecule has 0 saturated carbocycles. The lowest BCUT2D eigenvalue weighted by Gasteiger charge is -2.14. The van der Waals surface area contributed by atoms with Gasteiger partial charge in [0.25, 0.3) is 15.9 Å². The minimum atomic E-state index is -3.94. The smallest absolute Gasteiger partial charge is 0.273 e. The van der Waals surface area contributed by atoms with Crippen LogP contribution in [-0.4, -0.2) is 31.2 Å². The van der Waals surface area contributed by atoms with E-state index in [1.54, 1.807) is 25.2 Å². The predicted octanol–water partition coefficient (Wildman–Crippen LogP) is 3.44. The number of amides is 1. The van der Waals surface area contributed by atoms with Crippen molar-refractivity contribution in [3.63, 3.8) is 0 Å². The van der Waals surface area contributed by atoms with Crippen LogP contribution in [0.5, 0.6) is 5.75 Å². The number of nitrogens with zero attached hydrogens (tertiary/aromatic N) is 2. The third-order valence-corrected chi connectivity index (χ3v) is 6.02. The highest BCUT2D eigenvalue weighted by atomic mass is 35.5. The monoisotopic (exact) mass is 434 g/mol. The SMILES string of the molecule is COc1cc(NC(=O)c2ccnn2C)ccc1S(=O)(=O)Nc1ccc(C)c(Cl)c1. The number of hydrogen-bond acceptors (Lipinski definition) is 5. The Morgan fingerprint density at radius 3 is 2.48 bits per heavy atom. The Kier molecular flexibility index (Phi) is 5.81. The van der Waals surface area contributed by atoms with Gasteiger partial charge in [-0.2, -0.15) is 5.10 Å². The van der Waals surface area contributed by atoms with Gasteiger partial charge in [0.05, 0.1) is 12.8 Å². The Bertz CT molecular complexity index is 1170. The van der Waals surface area contributed by atoms with Crippen LogP contribution in [0.3, 0.4) is 0 Å². The summed E-state index contributed by atoms with van der Waals surface area (Å²) >= 11 is 6.06. The van der Waals surface area contributed by atoms with Crippen LogP contribution >= 0.6 is 11.6 Å². The molecule has 10 heteroatoms. The summed E-state index contributed by atoms with van der Waals surface area (Å²) < 4.78 is 34.8. The quantitative estimate of drug-likeness (QED) is 0.618. The summed E-state index contributed by atoms with van der Waals surface area (Å²) in [5.74, 6) is -0.298. The number of aryl methyl sites for hydroxylation is 2. The van der Waals surface area contributed by atoms with Crippen LogP contribution in [0.4, 0.5) is 11.4 Å². The summed E-state index contributed by atoms with van der Waals surface area (Å²) in [5, 5.41) is 7.08. The van der Waals surface area contributed by atoms with Crippen molar-refractivity contribution in [1.82, 2.24) is 9.78 Å². The number of nitrogens with one attached hydrogen (secondary N) is 2. The number of rotatable bonds is 6. The Balaban J connectivity index is 1.86. The van der Waals surface area contributed by atoms with Crippen molar-refractivity contribution >= 4 is 38.9 Å². The van der Waals surface area contributed by atoms with Crippen LogP contribution in [0.2, 0.25) is 5.02 Å². The molecule has 0 aliphatic carbocycles. The molecule has 0 unspecified atom stereocenters. The molecule has 2 aromatic carbocycles. The number of sulfonamides is 1. The molecule has 3 aromatic rings. The van der Waals surface area contributed by atoms with Crippen LogP contribution in [0.25, 0.3) is 0 Å². The fourth-order valence-corrected chi connectivity index (χ4v) is 4.01. The molecule has 0 radical (unpaired) electrons. The fraction of sp³-hybridized carbons (Fsp3) is 0.158. The number of halogens is 1. The lowest BCUT2D eigenvalue weighted by Crippen LogP contribution is -2.17. The Hall–Kier alpha value is -3.04. The Morgan fingerprint density at radius 1 is 1.14 bits per heavy atom. The average Bonchev–Trinajstić information content (AvgIpc) is 3.10. The van der Waals surface area contributed by atoms with Crippen molar-refractivity contribution in [2.45, 2.75) is 11.8 Å². The maximum absolute atomic E-state index is 12.8. The second-order valence-electron chi connectivity index (χ2n) is 6.23. The van der Waals surface area contributed by atoms with E-state index in [4.69, 9.17) is 16.3 Å².